The van der Waals surface area contributed by atoms with E-state index in [0.29, 0.717) is 6.42 Å². The molecule has 1 atom stereocenters. The largest absolute Gasteiger partial charge is 0.444 e. The van der Waals surface area contributed by atoms with E-state index in [4.69, 9.17) is 4.74 Å². The van der Waals surface area contributed by atoms with Gasteiger partial charge in [0.25, 0.3) is 0 Å². The second kappa shape index (κ2) is 8.71. The van der Waals surface area contributed by atoms with Crippen LogP contribution in [0.5, 0.6) is 0 Å². The average molecular weight is 374 g/mol. The molecular formula is C22H28N2O3. The highest BCUT2D eigenvalue weighted by Gasteiger charge is 2.29. The van der Waals surface area contributed by atoms with E-state index in [1.165, 1.54) is 0 Å². The van der Waals surface area contributed by atoms with E-state index in [2.05, 4.69) is 10.6 Å². The number of carbonyl (C=O) groups excluding carboxylic acids is 2. The first kappa shape index (κ1) is 20.5. The van der Waals surface area contributed by atoms with Gasteiger partial charge in [0.15, 0.2) is 0 Å². The standard InChI is InChI=1S/C22H28N2O3/c1-21(2,3)27-20(26)23-16-19(25)24-22(4,18-13-9-6-10-14-18)15-17-11-7-5-8-12-17/h5-14H,15-16H2,1-4H3,(H,23,26)(H,24,25)/i6+1,9+1,10+1,13+1,14+1,18+1. The Labute approximate surface area is 161 Å². The molecule has 2 N–H and O–H groups in total. The number of ether oxygens (including phenoxy) is 1. The molecule has 2 amide bonds. The van der Waals surface area contributed by atoms with E-state index in [1.807, 2.05) is 67.6 Å². The van der Waals surface area contributed by atoms with Crippen molar-refractivity contribution in [3.63, 3.8) is 0 Å². The van der Waals surface area contributed by atoms with Crippen molar-refractivity contribution in [2.45, 2.75) is 45.3 Å². The van der Waals surface area contributed by atoms with Gasteiger partial charge in [0.2, 0.25) is 5.91 Å². The van der Waals surface area contributed by atoms with Gasteiger partial charge in [0.1, 0.15) is 12.1 Å². The molecule has 0 heterocycles. The van der Waals surface area contributed by atoms with Crippen LogP contribution in [-0.2, 0) is 21.5 Å². The average Bonchev–Trinajstić information content (AvgIpc) is 2.60. The monoisotopic (exact) mass is 374 g/mol. The lowest BCUT2D eigenvalue weighted by Gasteiger charge is -2.32. The Morgan fingerprint density at radius 1 is 0.889 bits per heavy atom. The number of carbonyl (C=O) groups is 2. The Hall–Kier alpha value is -2.82. The smallest absolute Gasteiger partial charge is 0.408 e. The lowest BCUT2D eigenvalue weighted by atomic mass is 9.98. The summed E-state index contributed by atoms with van der Waals surface area (Å²) in [5, 5.41) is 5.57. The quantitative estimate of drug-likeness (QED) is 0.808. The van der Waals surface area contributed by atoms with Crippen molar-refractivity contribution in [2.24, 2.45) is 0 Å². The molecule has 1 unspecified atom stereocenters. The summed E-state index contributed by atoms with van der Waals surface area (Å²) in [6, 6.07) is 19.8. The summed E-state index contributed by atoms with van der Waals surface area (Å²) in [7, 11) is 0. The van der Waals surface area contributed by atoms with Crippen LogP contribution < -0.4 is 10.6 Å². The van der Waals surface area contributed by atoms with E-state index in [-0.39, 0.29) is 12.5 Å². The minimum Gasteiger partial charge on any atom is -0.444 e. The van der Waals surface area contributed by atoms with Gasteiger partial charge in [0, 0.05) is 0 Å². The van der Waals surface area contributed by atoms with Gasteiger partial charge in [-0.15, -0.1) is 0 Å². The zero-order valence-electron chi connectivity index (χ0n) is 16.4. The maximum absolute atomic E-state index is 12.5. The summed E-state index contributed by atoms with van der Waals surface area (Å²) in [6.45, 7) is 7.17. The fourth-order valence-corrected chi connectivity index (χ4v) is 2.85. The Bertz CT molecular complexity index is 754. The molecule has 0 saturated carbocycles. The molecule has 5 nitrogen and oxygen atoms in total. The highest BCUT2D eigenvalue weighted by Crippen LogP contribution is 2.25. The van der Waals surface area contributed by atoms with Crippen LogP contribution in [0.2, 0.25) is 0 Å². The molecule has 0 aromatic heterocycles. The summed E-state index contributed by atoms with van der Waals surface area (Å²) in [5.41, 5.74) is 0.908. The summed E-state index contributed by atoms with van der Waals surface area (Å²) in [5.74, 6) is -0.275. The van der Waals surface area contributed by atoms with Crippen molar-refractivity contribution in [1.82, 2.24) is 10.6 Å². The lowest BCUT2D eigenvalue weighted by molar-refractivity contribution is -0.122. The normalized spacial score (nSPS) is 13.3. The van der Waals surface area contributed by atoms with Crippen LogP contribution in [0.4, 0.5) is 4.79 Å². The predicted octanol–water partition coefficient (Wildman–Crippen LogP) is 3.79. The molecule has 0 fully saturated rings. The number of hydrogen-bond acceptors (Lipinski definition) is 3. The van der Waals surface area contributed by atoms with Crippen LogP contribution in [0.15, 0.2) is 60.7 Å². The minimum atomic E-state index is -0.609. The first-order valence-electron chi connectivity index (χ1n) is 9.05. The Morgan fingerprint density at radius 3 is 2.00 bits per heavy atom. The number of hydrogen-bond donors (Lipinski definition) is 2. The third-order valence-corrected chi connectivity index (χ3v) is 4.02. The van der Waals surface area contributed by atoms with Gasteiger partial charge in [0.05, 0.1) is 5.54 Å². The van der Waals surface area contributed by atoms with Crippen molar-refractivity contribution in [2.75, 3.05) is 6.54 Å². The fourth-order valence-electron chi connectivity index (χ4n) is 2.85. The molecule has 0 saturated heterocycles. The molecule has 27 heavy (non-hydrogen) atoms. The molecular weight excluding hydrogens is 346 g/mol. The topological polar surface area (TPSA) is 67.4 Å². The summed E-state index contributed by atoms with van der Waals surface area (Å²) >= 11 is 0. The van der Waals surface area contributed by atoms with Crippen molar-refractivity contribution in [3.8, 4) is 0 Å². The molecule has 2 aromatic rings. The third-order valence-electron chi connectivity index (χ3n) is 4.02. The number of alkyl carbamates (subject to hydrolysis) is 1. The molecule has 0 aliphatic carbocycles. The van der Waals surface area contributed by atoms with Gasteiger partial charge in [-0.3, -0.25) is 4.79 Å². The van der Waals surface area contributed by atoms with Gasteiger partial charge in [-0.05, 0) is 45.2 Å². The van der Waals surface area contributed by atoms with Crippen LogP contribution >= 0.6 is 0 Å². The van der Waals surface area contributed by atoms with Gasteiger partial charge in [-0.2, -0.15) is 0 Å². The summed E-state index contributed by atoms with van der Waals surface area (Å²) in [4.78, 5) is 24.3. The highest BCUT2D eigenvalue weighted by molar-refractivity contribution is 5.83. The summed E-state index contributed by atoms with van der Waals surface area (Å²) in [6.07, 6.45) is 0.0258. The highest BCUT2D eigenvalue weighted by atomic mass is 16.6. The first-order valence-corrected chi connectivity index (χ1v) is 9.05. The zero-order valence-corrected chi connectivity index (χ0v) is 16.4. The molecule has 5 heteroatoms. The molecule has 0 bridgehead atoms. The Kier molecular flexibility index (Phi) is 6.61. The maximum Gasteiger partial charge on any atom is 0.408 e. The predicted molar refractivity (Wildman–Crippen MR) is 106 cm³/mol. The molecule has 144 valence electrons. The number of nitrogens with one attached hydrogen (secondary N) is 2. The van der Waals surface area contributed by atoms with Crippen molar-refractivity contribution in [3.05, 3.63) is 71.8 Å². The number of benzene rings is 2. The van der Waals surface area contributed by atoms with E-state index in [0.717, 1.165) is 11.1 Å². The molecule has 2 rings (SSSR count). The van der Waals surface area contributed by atoms with E-state index in [1.54, 1.807) is 20.8 Å². The first-order chi connectivity index (χ1) is 12.7. The van der Waals surface area contributed by atoms with Crippen molar-refractivity contribution >= 4 is 12.0 Å². The van der Waals surface area contributed by atoms with Crippen molar-refractivity contribution in [1.29, 1.82) is 0 Å². The van der Waals surface area contributed by atoms with Gasteiger partial charge >= 0.3 is 6.09 Å². The number of amides is 2. The zero-order chi connectivity index (χ0) is 19.9. The lowest BCUT2D eigenvalue weighted by Crippen LogP contribution is -2.49. The van der Waals surface area contributed by atoms with Gasteiger partial charge in [-0.1, -0.05) is 60.7 Å². The number of rotatable bonds is 6. The third kappa shape index (κ3) is 6.77. The molecule has 0 radical (unpaired) electrons. The molecule has 0 spiro atoms. The van der Waals surface area contributed by atoms with Crippen molar-refractivity contribution < 1.29 is 14.3 Å². The van der Waals surface area contributed by atoms with Crippen LogP contribution in [-0.4, -0.2) is 24.1 Å². The van der Waals surface area contributed by atoms with Gasteiger partial charge in [-0.25, -0.2) is 4.79 Å². The van der Waals surface area contributed by atoms with E-state index >= 15 is 0 Å². The molecule has 0 aliphatic rings. The fraction of sp³-hybridized carbons (Fsp3) is 0.364. The van der Waals surface area contributed by atoms with Crippen LogP contribution in [0.1, 0.15) is 38.8 Å². The Balaban J connectivity index is 2.08. The Morgan fingerprint density at radius 2 is 1.44 bits per heavy atom. The van der Waals surface area contributed by atoms with Crippen LogP contribution in [0, 0.1) is 0 Å². The van der Waals surface area contributed by atoms with Crippen LogP contribution in [0.3, 0.4) is 0 Å². The van der Waals surface area contributed by atoms with Gasteiger partial charge < -0.3 is 15.4 Å². The van der Waals surface area contributed by atoms with E-state index in [9.17, 15) is 9.59 Å². The maximum atomic E-state index is 12.5. The minimum absolute atomic E-state index is 0.147. The molecule has 2 aromatic carbocycles. The van der Waals surface area contributed by atoms with E-state index < -0.39 is 17.2 Å². The summed E-state index contributed by atoms with van der Waals surface area (Å²) < 4.78 is 5.17. The SMILES string of the molecule is CC(C)(C)OC(=O)NCC(=O)NC(C)(Cc1ccccc1)[13c]1[13cH][13cH][13cH][13cH][13cH]1. The molecule has 0 aliphatic heterocycles. The van der Waals surface area contributed by atoms with Crippen LogP contribution in [0.25, 0.3) is 0 Å². The second-order valence-corrected chi connectivity index (χ2v) is 7.76. The second-order valence-electron chi connectivity index (χ2n) is 7.76.